The first-order valence-electron chi connectivity index (χ1n) is 12.9. The molecule has 0 radical (unpaired) electrons. The van der Waals surface area contributed by atoms with Crippen LogP contribution >= 0.6 is 0 Å². The molecule has 2 aromatic heterocycles. The van der Waals surface area contributed by atoms with Crippen molar-refractivity contribution in [2.45, 2.75) is 19.5 Å². The summed E-state index contributed by atoms with van der Waals surface area (Å²) in [5, 5.41) is 11.8. The summed E-state index contributed by atoms with van der Waals surface area (Å²) in [5.41, 5.74) is 18.7. The number of carbonyl (C=O) groups excluding carboxylic acids is 1. The third-order valence-corrected chi connectivity index (χ3v) is 6.47. The third-order valence-electron chi connectivity index (χ3n) is 6.47. The minimum absolute atomic E-state index is 0.00890. The average molecular weight is 528 g/mol. The number of rotatable bonds is 8. The van der Waals surface area contributed by atoms with Crippen LogP contribution in [0.25, 0.3) is 33.3 Å². The van der Waals surface area contributed by atoms with Crippen molar-refractivity contribution in [2.75, 3.05) is 0 Å². The van der Waals surface area contributed by atoms with Gasteiger partial charge in [0, 0.05) is 34.8 Å². The van der Waals surface area contributed by atoms with Crippen LogP contribution in [-0.2, 0) is 17.9 Å². The Morgan fingerprint density at radius 2 is 1.60 bits per heavy atom. The molecule has 0 atom stereocenters. The molecule has 0 fully saturated rings. The van der Waals surface area contributed by atoms with Gasteiger partial charge in [0.2, 0.25) is 5.91 Å². The van der Waals surface area contributed by atoms with Gasteiger partial charge in [0.1, 0.15) is 5.84 Å². The second kappa shape index (κ2) is 12.1. The Bertz CT molecular complexity index is 1680. The quantitative estimate of drug-likeness (QED) is 0.169. The molecule has 0 aliphatic heterocycles. The fraction of sp³-hybridized carbons (Fsp3) is 0.0938. The largest absolute Gasteiger partial charge is 0.387 e. The van der Waals surface area contributed by atoms with E-state index in [2.05, 4.69) is 21.4 Å². The Morgan fingerprint density at radius 3 is 2.30 bits per heavy atom. The Hall–Kier alpha value is -5.21. The van der Waals surface area contributed by atoms with E-state index in [0.717, 1.165) is 38.9 Å². The zero-order valence-electron chi connectivity index (χ0n) is 21.8. The number of benzene rings is 3. The minimum atomic E-state index is -0.311. The average Bonchev–Trinajstić information content (AvgIpc) is 3.00. The van der Waals surface area contributed by atoms with Crippen molar-refractivity contribution in [1.29, 1.82) is 5.41 Å². The second-order valence-electron chi connectivity index (χ2n) is 9.25. The molecule has 0 saturated carbocycles. The molecule has 0 bridgehead atoms. The zero-order chi connectivity index (χ0) is 27.9. The van der Waals surface area contributed by atoms with E-state index >= 15 is 0 Å². The highest BCUT2D eigenvalue weighted by Gasteiger charge is 2.15. The SMILES string of the molecule is N=C(N=C(N)CC(=O)NCc1nccc2nc(-c3ccc(CN)cc3)c(-c3ccccc3)cc12)c1ccccc1. The molecule has 0 spiro atoms. The maximum Gasteiger partial charge on any atom is 0.227 e. The summed E-state index contributed by atoms with van der Waals surface area (Å²) >= 11 is 0. The van der Waals surface area contributed by atoms with Crippen molar-refractivity contribution < 1.29 is 4.79 Å². The van der Waals surface area contributed by atoms with Crippen molar-refractivity contribution in [3.05, 3.63) is 120 Å². The lowest BCUT2D eigenvalue weighted by Gasteiger charge is -2.14. The van der Waals surface area contributed by atoms with Gasteiger partial charge in [-0.1, -0.05) is 84.9 Å². The first-order chi connectivity index (χ1) is 19.5. The van der Waals surface area contributed by atoms with Crippen LogP contribution in [-0.4, -0.2) is 27.5 Å². The number of aromatic nitrogens is 2. The van der Waals surface area contributed by atoms with E-state index in [1.807, 2.05) is 78.9 Å². The topological polar surface area (TPSA) is 143 Å². The molecule has 8 nitrogen and oxygen atoms in total. The van der Waals surface area contributed by atoms with Gasteiger partial charge in [-0.3, -0.25) is 15.2 Å². The molecule has 8 heteroatoms. The van der Waals surface area contributed by atoms with Crippen LogP contribution in [0.1, 0.15) is 23.2 Å². The highest BCUT2D eigenvalue weighted by molar-refractivity contribution is 6.08. The van der Waals surface area contributed by atoms with E-state index in [9.17, 15) is 4.79 Å². The van der Waals surface area contributed by atoms with Gasteiger partial charge in [-0.2, -0.15) is 0 Å². The van der Waals surface area contributed by atoms with Crippen LogP contribution in [0, 0.1) is 5.41 Å². The lowest BCUT2D eigenvalue weighted by molar-refractivity contribution is -0.120. The van der Waals surface area contributed by atoms with Gasteiger partial charge in [0.05, 0.1) is 29.9 Å². The molecule has 5 aromatic rings. The molecule has 3 aromatic carbocycles. The van der Waals surface area contributed by atoms with E-state index in [-0.39, 0.29) is 30.5 Å². The van der Waals surface area contributed by atoms with E-state index < -0.39 is 0 Å². The normalized spacial score (nSPS) is 11.4. The molecule has 1 amide bonds. The zero-order valence-corrected chi connectivity index (χ0v) is 21.8. The smallest absolute Gasteiger partial charge is 0.227 e. The predicted octanol–water partition coefficient (Wildman–Crippen LogP) is 4.81. The van der Waals surface area contributed by atoms with Gasteiger partial charge < -0.3 is 16.8 Å². The fourth-order valence-electron chi connectivity index (χ4n) is 4.40. The highest BCUT2D eigenvalue weighted by Crippen LogP contribution is 2.34. The predicted molar refractivity (Wildman–Crippen MR) is 160 cm³/mol. The van der Waals surface area contributed by atoms with Gasteiger partial charge in [-0.05, 0) is 23.3 Å². The van der Waals surface area contributed by atoms with Gasteiger partial charge in [0.15, 0.2) is 5.84 Å². The van der Waals surface area contributed by atoms with E-state index in [0.29, 0.717) is 17.8 Å². The van der Waals surface area contributed by atoms with Gasteiger partial charge in [-0.15, -0.1) is 0 Å². The van der Waals surface area contributed by atoms with Crippen LogP contribution in [0.4, 0.5) is 0 Å². The fourth-order valence-corrected chi connectivity index (χ4v) is 4.40. The van der Waals surface area contributed by atoms with Crippen molar-refractivity contribution >= 4 is 28.5 Å². The number of carbonyl (C=O) groups is 1. The highest BCUT2D eigenvalue weighted by atomic mass is 16.1. The van der Waals surface area contributed by atoms with Crippen molar-refractivity contribution in [2.24, 2.45) is 16.5 Å². The number of nitrogens with two attached hydrogens (primary N) is 2. The van der Waals surface area contributed by atoms with Crippen LogP contribution < -0.4 is 16.8 Å². The summed E-state index contributed by atoms with van der Waals surface area (Å²) in [7, 11) is 0. The van der Waals surface area contributed by atoms with E-state index in [1.54, 1.807) is 18.3 Å². The molecule has 0 aliphatic carbocycles. The maximum absolute atomic E-state index is 12.7. The first-order valence-corrected chi connectivity index (χ1v) is 12.9. The number of pyridine rings is 2. The van der Waals surface area contributed by atoms with E-state index in [1.165, 1.54) is 0 Å². The number of amides is 1. The Kier molecular flexibility index (Phi) is 7.99. The molecular weight excluding hydrogens is 498 g/mol. The molecule has 0 saturated heterocycles. The van der Waals surface area contributed by atoms with Crippen LogP contribution in [0.2, 0.25) is 0 Å². The Balaban J connectivity index is 1.40. The lowest BCUT2D eigenvalue weighted by atomic mass is 9.96. The molecule has 0 aliphatic rings. The lowest BCUT2D eigenvalue weighted by Crippen LogP contribution is -2.29. The molecule has 5 rings (SSSR count). The third kappa shape index (κ3) is 6.09. The molecular formula is C32H29N7O. The van der Waals surface area contributed by atoms with Crippen molar-refractivity contribution in [3.8, 4) is 22.4 Å². The number of nitrogens with zero attached hydrogens (tertiary/aromatic N) is 3. The molecule has 0 unspecified atom stereocenters. The summed E-state index contributed by atoms with van der Waals surface area (Å²) in [6.45, 7) is 0.671. The van der Waals surface area contributed by atoms with Gasteiger partial charge >= 0.3 is 0 Å². The monoisotopic (exact) mass is 527 g/mol. The summed E-state index contributed by atoms with van der Waals surface area (Å²) in [6, 6.07) is 31.1. The molecule has 6 N–H and O–H groups in total. The number of amidine groups is 2. The summed E-state index contributed by atoms with van der Waals surface area (Å²) in [5.74, 6) is -0.237. The number of hydrogen-bond acceptors (Lipinski definition) is 5. The van der Waals surface area contributed by atoms with Crippen LogP contribution in [0.15, 0.2) is 108 Å². The van der Waals surface area contributed by atoms with Crippen molar-refractivity contribution in [3.63, 3.8) is 0 Å². The van der Waals surface area contributed by atoms with Gasteiger partial charge in [0.25, 0.3) is 0 Å². The van der Waals surface area contributed by atoms with Crippen LogP contribution in [0.3, 0.4) is 0 Å². The summed E-state index contributed by atoms with van der Waals surface area (Å²) < 4.78 is 0. The van der Waals surface area contributed by atoms with E-state index in [4.69, 9.17) is 21.9 Å². The maximum atomic E-state index is 12.7. The van der Waals surface area contributed by atoms with Crippen LogP contribution in [0.5, 0.6) is 0 Å². The minimum Gasteiger partial charge on any atom is -0.387 e. The second-order valence-corrected chi connectivity index (χ2v) is 9.25. The molecule has 198 valence electrons. The summed E-state index contributed by atoms with van der Waals surface area (Å²) in [4.78, 5) is 26.3. The standard InChI is InChI=1S/C32H29N7O/c33-19-21-11-13-23(14-12-21)31-25(22-7-3-1-4-8-22)17-26-27(38-31)15-16-36-28(26)20-37-30(40)18-29(34)39-32(35)24-9-5-2-6-10-24/h1-17H,18-20,33H2,(H,37,40)(H3,34,35,39). The molecule has 2 heterocycles. The Labute approximate surface area is 232 Å². The number of aliphatic imine (C=N–C) groups is 1. The van der Waals surface area contributed by atoms with Gasteiger partial charge in [-0.25, -0.2) is 9.98 Å². The number of hydrogen-bond donors (Lipinski definition) is 4. The number of nitrogens with one attached hydrogen (secondary N) is 2. The first kappa shape index (κ1) is 26.4. The molecule has 40 heavy (non-hydrogen) atoms. The number of fused-ring (bicyclic) bond motifs is 1. The summed E-state index contributed by atoms with van der Waals surface area (Å²) in [6.07, 6.45) is 1.56. The Morgan fingerprint density at radius 1 is 0.900 bits per heavy atom. The van der Waals surface area contributed by atoms with Crippen molar-refractivity contribution in [1.82, 2.24) is 15.3 Å².